The molecule has 0 spiro atoms. The smallest absolute Gasteiger partial charge is 0.226 e. The Kier molecular flexibility index (Phi) is 6.83. The summed E-state index contributed by atoms with van der Waals surface area (Å²) in [7, 11) is 1.82. The molecule has 0 saturated heterocycles. The maximum absolute atomic E-state index is 12.6. The normalized spacial score (nSPS) is 11.0. The van der Waals surface area contributed by atoms with Crippen LogP contribution in [-0.2, 0) is 17.8 Å². The molecule has 1 aromatic carbocycles. The van der Waals surface area contributed by atoms with E-state index in [-0.39, 0.29) is 5.91 Å². The second kappa shape index (κ2) is 8.88. The van der Waals surface area contributed by atoms with Crippen molar-refractivity contribution < 1.29 is 9.53 Å². The van der Waals surface area contributed by atoms with Crippen molar-refractivity contribution in [3.05, 3.63) is 46.8 Å². The molecule has 1 aromatic heterocycles. The van der Waals surface area contributed by atoms with Gasteiger partial charge in [0.2, 0.25) is 5.91 Å². The first-order valence-electron chi connectivity index (χ1n) is 9.24. The van der Waals surface area contributed by atoms with Gasteiger partial charge in [-0.15, -0.1) is 0 Å². The van der Waals surface area contributed by atoms with Crippen molar-refractivity contribution in [1.82, 2.24) is 14.7 Å². The molecule has 142 valence electrons. The number of hydrogen-bond donors (Lipinski definition) is 0. The molecule has 0 unspecified atom stereocenters. The van der Waals surface area contributed by atoms with Gasteiger partial charge in [-0.2, -0.15) is 5.10 Å². The third kappa shape index (κ3) is 5.35. The zero-order valence-corrected chi connectivity index (χ0v) is 16.9. The van der Waals surface area contributed by atoms with Gasteiger partial charge in [0.1, 0.15) is 12.4 Å². The summed E-state index contributed by atoms with van der Waals surface area (Å²) in [5.41, 5.74) is 4.28. The Morgan fingerprint density at radius 1 is 1.19 bits per heavy atom. The van der Waals surface area contributed by atoms with Gasteiger partial charge < -0.3 is 9.64 Å². The van der Waals surface area contributed by atoms with Crippen LogP contribution in [0.15, 0.2) is 24.3 Å². The highest BCUT2D eigenvalue weighted by Crippen LogP contribution is 2.16. The minimum Gasteiger partial charge on any atom is -0.492 e. The standard InChI is InChI=1S/C21H31N3O2/c1-15(2)14-24-18(5)20(17(4)22-24)13-21(25)23(6)11-12-26-19-9-7-16(3)8-10-19/h7-10,15H,11-14H2,1-6H3. The number of carbonyl (C=O) groups excluding carboxylic acids is 1. The van der Waals surface area contributed by atoms with Gasteiger partial charge in [0.15, 0.2) is 0 Å². The predicted molar refractivity (Wildman–Crippen MR) is 105 cm³/mol. The first-order chi connectivity index (χ1) is 12.3. The number of hydrogen-bond acceptors (Lipinski definition) is 3. The van der Waals surface area contributed by atoms with Gasteiger partial charge in [-0.25, -0.2) is 0 Å². The minimum absolute atomic E-state index is 0.0906. The number of carbonyl (C=O) groups is 1. The maximum atomic E-state index is 12.6. The summed E-state index contributed by atoms with van der Waals surface area (Å²) in [6, 6.07) is 7.94. The topological polar surface area (TPSA) is 47.4 Å². The molecule has 1 amide bonds. The van der Waals surface area contributed by atoms with Gasteiger partial charge in [0.05, 0.1) is 18.7 Å². The Bertz CT molecular complexity index is 732. The average Bonchev–Trinajstić information content (AvgIpc) is 2.83. The lowest BCUT2D eigenvalue weighted by molar-refractivity contribution is -0.129. The van der Waals surface area contributed by atoms with Crippen LogP contribution in [0.5, 0.6) is 5.75 Å². The number of likely N-dealkylation sites (N-methyl/N-ethyl adjacent to an activating group) is 1. The van der Waals surface area contributed by atoms with Crippen LogP contribution in [0.25, 0.3) is 0 Å². The maximum Gasteiger partial charge on any atom is 0.226 e. The summed E-state index contributed by atoms with van der Waals surface area (Å²) >= 11 is 0. The van der Waals surface area contributed by atoms with Gasteiger partial charge >= 0.3 is 0 Å². The molecular weight excluding hydrogens is 326 g/mol. The zero-order chi connectivity index (χ0) is 19.3. The molecule has 5 heteroatoms. The van der Waals surface area contributed by atoms with Crippen LogP contribution in [-0.4, -0.2) is 40.8 Å². The number of amides is 1. The zero-order valence-electron chi connectivity index (χ0n) is 16.9. The fourth-order valence-corrected chi connectivity index (χ4v) is 2.86. The quantitative estimate of drug-likeness (QED) is 0.726. The number of aryl methyl sites for hydroxylation is 2. The molecule has 0 fully saturated rings. The van der Waals surface area contributed by atoms with E-state index in [1.165, 1.54) is 5.56 Å². The van der Waals surface area contributed by atoms with Crippen molar-refractivity contribution in [2.75, 3.05) is 20.2 Å². The van der Waals surface area contributed by atoms with Gasteiger partial charge in [-0.1, -0.05) is 31.5 Å². The van der Waals surface area contributed by atoms with E-state index in [0.717, 1.165) is 29.2 Å². The molecule has 26 heavy (non-hydrogen) atoms. The molecular formula is C21H31N3O2. The van der Waals surface area contributed by atoms with Crippen molar-refractivity contribution in [2.45, 2.75) is 47.6 Å². The Balaban J connectivity index is 1.88. The third-order valence-corrected chi connectivity index (χ3v) is 4.54. The Morgan fingerprint density at radius 2 is 1.85 bits per heavy atom. The van der Waals surface area contributed by atoms with Crippen molar-refractivity contribution >= 4 is 5.91 Å². The molecule has 0 atom stereocenters. The molecule has 0 aliphatic heterocycles. The molecule has 0 N–H and O–H groups in total. The van der Waals surface area contributed by atoms with Gasteiger partial charge in [-0.3, -0.25) is 9.48 Å². The number of nitrogens with zero attached hydrogens (tertiary/aromatic N) is 3. The molecule has 2 aromatic rings. The first kappa shape index (κ1) is 20.0. The number of ether oxygens (including phenoxy) is 1. The fourth-order valence-electron chi connectivity index (χ4n) is 2.86. The van der Waals surface area contributed by atoms with E-state index >= 15 is 0 Å². The Morgan fingerprint density at radius 3 is 2.46 bits per heavy atom. The van der Waals surface area contributed by atoms with E-state index in [0.29, 0.717) is 25.5 Å². The Hall–Kier alpha value is -2.30. The van der Waals surface area contributed by atoms with Crippen LogP contribution in [0.3, 0.4) is 0 Å². The number of aromatic nitrogens is 2. The highest BCUT2D eigenvalue weighted by Gasteiger charge is 2.17. The van der Waals surface area contributed by atoms with Gasteiger partial charge in [-0.05, 0) is 38.8 Å². The lowest BCUT2D eigenvalue weighted by Gasteiger charge is -2.18. The summed E-state index contributed by atoms with van der Waals surface area (Å²) in [5, 5.41) is 4.59. The van der Waals surface area contributed by atoms with Crippen LogP contribution >= 0.6 is 0 Å². The summed E-state index contributed by atoms with van der Waals surface area (Å²) < 4.78 is 7.73. The predicted octanol–water partition coefficient (Wildman–Crippen LogP) is 3.54. The fraction of sp³-hybridized carbons (Fsp3) is 0.524. The van der Waals surface area contributed by atoms with E-state index in [1.807, 2.05) is 56.8 Å². The molecule has 5 nitrogen and oxygen atoms in total. The molecule has 0 radical (unpaired) electrons. The molecule has 2 rings (SSSR count). The highest BCUT2D eigenvalue weighted by atomic mass is 16.5. The highest BCUT2D eigenvalue weighted by molar-refractivity contribution is 5.79. The lowest BCUT2D eigenvalue weighted by atomic mass is 10.1. The molecule has 1 heterocycles. The van der Waals surface area contributed by atoms with Crippen LogP contribution in [0.1, 0.15) is 36.4 Å². The minimum atomic E-state index is 0.0906. The first-order valence-corrected chi connectivity index (χ1v) is 9.24. The van der Waals surface area contributed by atoms with Crippen molar-refractivity contribution in [1.29, 1.82) is 0 Å². The molecule has 0 saturated carbocycles. The monoisotopic (exact) mass is 357 g/mol. The van der Waals surface area contributed by atoms with E-state index in [1.54, 1.807) is 4.90 Å². The average molecular weight is 357 g/mol. The summed E-state index contributed by atoms with van der Waals surface area (Å²) in [5.74, 6) is 1.45. The van der Waals surface area contributed by atoms with Gasteiger partial charge in [0.25, 0.3) is 0 Å². The van der Waals surface area contributed by atoms with E-state index in [2.05, 4.69) is 18.9 Å². The third-order valence-electron chi connectivity index (χ3n) is 4.54. The largest absolute Gasteiger partial charge is 0.492 e. The molecule has 0 aliphatic carbocycles. The van der Waals surface area contributed by atoms with E-state index in [4.69, 9.17) is 4.74 Å². The second-order valence-electron chi connectivity index (χ2n) is 7.38. The second-order valence-corrected chi connectivity index (χ2v) is 7.38. The van der Waals surface area contributed by atoms with Crippen molar-refractivity contribution in [2.24, 2.45) is 5.92 Å². The Labute approximate surface area is 157 Å². The van der Waals surface area contributed by atoms with E-state index < -0.39 is 0 Å². The summed E-state index contributed by atoms with van der Waals surface area (Å²) in [6.07, 6.45) is 0.386. The van der Waals surface area contributed by atoms with Crippen molar-refractivity contribution in [3.8, 4) is 5.75 Å². The van der Waals surface area contributed by atoms with Crippen LogP contribution in [0.2, 0.25) is 0 Å². The van der Waals surface area contributed by atoms with Gasteiger partial charge in [0, 0.05) is 24.8 Å². The molecule has 0 aliphatic rings. The number of benzene rings is 1. The van der Waals surface area contributed by atoms with Crippen LogP contribution < -0.4 is 4.74 Å². The molecule has 0 bridgehead atoms. The SMILES string of the molecule is Cc1ccc(OCCN(C)C(=O)Cc2c(C)nn(CC(C)C)c2C)cc1. The lowest BCUT2D eigenvalue weighted by Crippen LogP contribution is -2.32. The van der Waals surface area contributed by atoms with Crippen LogP contribution in [0, 0.1) is 26.7 Å². The van der Waals surface area contributed by atoms with Crippen molar-refractivity contribution in [3.63, 3.8) is 0 Å². The van der Waals surface area contributed by atoms with E-state index in [9.17, 15) is 4.79 Å². The summed E-state index contributed by atoms with van der Waals surface area (Å²) in [4.78, 5) is 14.3. The summed E-state index contributed by atoms with van der Waals surface area (Å²) in [6.45, 7) is 12.3. The number of rotatable bonds is 8. The van der Waals surface area contributed by atoms with Crippen LogP contribution in [0.4, 0.5) is 0 Å².